The number of Topliss-reactive ketones (excluding diaryl/α,β-unsaturated/α-hetero) is 1. The van der Waals surface area contributed by atoms with Gasteiger partial charge in [0.1, 0.15) is 22.6 Å². The van der Waals surface area contributed by atoms with Crippen molar-refractivity contribution in [2.24, 2.45) is 0 Å². The minimum Gasteiger partial charge on any atom is -0.507 e. The van der Waals surface area contributed by atoms with E-state index < -0.39 is 23.5 Å². The predicted octanol–water partition coefficient (Wildman–Crippen LogP) is 6.02. The second-order valence-corrected chi connectivity index (χ2v) is 9.36. The molecule has 0 bridgehead atoms. The Bertz CT molecular complexity index is 1370. The lowest BCUT2D eigenvalue weighted by molar-refractivity contribution is -0.132. The van der Waals surface area contributed by atoms with Crippen LogP contribution in [0.25, 0.3) is 5.76 Å². The van der Waals surface area contributed by atoms with Crippen molar-refractivity contribution in [1.29, 1.82) is 0 Å². The number of aliphatic hydroxyl groups excluding tert-OH is 1. The van der Waals surface area contributed by atoms with Gasteiger partial charge in [0.25, 0.3) is 11.7 Å². The van der Waals surface area contributed by atoms with Gasteiger partial charge in [0.2, 0.25) is 0 Å². The van der Waals surface area contributed by atoms with E-state index in [9.17, 15) is 14.7 Å². The molecule has 1 N–H and O–H groups in total. The summed E-state index contributed by atoms with van der Waals surface area (Å²) < 4.78 is 16.0. The second-order valence-electron chi connectivity index (χ2n) is 7.62. The zero-order chi connectivity index (χ0) is 25.4. The number of carbonyl (C=O) groups is 2. The molecule has 1 amide bonds. The smallest absolute Gasteiger partial charge is 0.300 e. The first kappa shape index (κ1) is 24.9. The second kappa shape index (κ2) is 9.81. The molecule has 2 heterocycles. The predicted molar refractivity (Wildman–Crippen MR) is 136 cm³/mol. The largest absolute Gasteiger partial charge is 0.507 e. The highest BCUT2D eigenvalue weighted by Gasteiger charge is 2.48. The molecular formula is C25H21Cl2NO6S. The van der Waals surface area contributed by atoms with Crippen LogP contribution in [0.3, 0.4) is 0 Å². The van der Waals surface area contributed by atoms with Crippen LogP contribution in [-0.2, 0) is 9.59 Å². The highest BCUT2D eigenvalue weighted by molar-refractivity contribution is 7.10. The van der Waals surface area contributed by atoms with Crippen LogP contribution < -0.4 is 19.1 Å². The van der Waals surface area contributed by atoms with Gasteiger partial charge in [0, 0.05) is 16.6 Å². The van der Waals surface area contributed by atoms with Crippen LogP contribution in [0.15, 0.2) is 47.4 Å². The number of anilines is 1. The van der Waals surface area contributed by atoms with Gasteiger partial charge in [-0.25, -0.2) is 0 Å². The summed E-state index contributed by atoms with van der Waals surface area (Å²) >= 11 is 14.1. The number of nitrogens with zero attached hydrogens (tertiary/aromatic N) is 1. The molecule has 1 aliphatic heterocycles. The summed E-state index contributed by atoms with van der Waals surface area (Å²) in [6.07, 6.45) is 0. The van der Waals surface area contributed by atoms with Gasteiger partial charge >= 0.3 is 0 Å². The van der Waals surface area contributed by atoms with Crippen molar-refractivity contribution in [3.63, 3.8) is 0 Å². The van der Waals surface area contributed by atoms with Crippen molar-refractivity contribution >= 4 is 57.7 Å². The number of ketones is 1. The number of hydrogen-bond acceptors (Lipinski definition) is 7. The number of halogens is 2. The van der Waals surface area contributed by atoms with Gasteiger partial charge in [0.15, 0.2) is 11.5 Å². The molecule has 1 aromatic heterocycles. The van der Waals surface area contributed by atoms with E-state index in [4.69, 9.17) is 37.4 Å². The summed E-state index contributed by atoms with van der Waals surface area (Å²) in [5.41, 5.74) is 1.25. The Balaban J connectivity index is 2.01. The Kier molecular flexibility index (Phi) is 6.98. The number of aliphatic hydroxyl groups is 1. The molecule has 2 aromatic carbocycles. The molecule has 0 aliphatic carbocycles. The van der Waals surface area contributed by atoms with Crippen LogP contribution >= 0.6 is 34.5 Å². The average molecular weight is 534 g/mol. The number of carbonyl (C=O) groups excluding carboxylic acids is 2. The quantitative estimate of drug-likeness (QED) is 0.237. The number of benzene rings is 2. The molecule has 7 nitrogen and oxygen atoms in total. The average Bonchev–Trinajstić information content (AvgIpc) is 3.38. The molecule has 182 valence electrons. The van der Waals surface area contributed by atoms with Crippen LogP contribution in [0.1, 0.15) is 22.0 Å². The van der Waals surface area contributed by atoms with Crippen LogP contribution in [-0.4, -0.2) is 38.1 Å². The monoisotopic (exact) mass is 533 g/mol. The maximum Gasteiger partial charge on any atom is 0.300 e. The van der Waals surface area contributed by atoms with E-state index in [2.05, 4.69) is 0 Å². The zero-order valence-corrected chi connectivity index (χ0v) is 21.5. The van der Waals surface area contributed by atoms with E-state index in [-0.39, 0.29) is 32.7 Å². The third-order valence-electron chi connectivity index (χ3n) is 5.72. The number of thiophene rings is 1. The fourth-order valence-electron chi connectivity index (χ4n) is 4.06. The van der Waals surface area contributed by atoms with Gasteiger partial charge in [-0.15, -0.1) is 11.3 Å². The van der Waals surface area contributed by atoms with Crippen molar-refractivity contribution in [1.82, 2.24) is 0 Å². The summed E-state index contributed by atoms with van der Waals surface area (Å²) in [7, 11) is 4.27. The summed E-state index contributed by atoms with van der Waals surface area (Å²) in [5.74, 6) is -1.38. The van der Waals surface area contributed by atoms with Crippen molar-refractivity contribution in [3.8, 4) is 17.2 Å². The number of amides is 1. The van der Waals surface area contributed by atoms with Crippen molar-refractivity contribution in [2.45, 2.75) is 13.0 Å². The Morgan fingerprint density at radius 1 is 1.03 bits per heavy atom. The highest BCUT2D eigenvalue weighted by Crippen LogP contribution is 2.49. The van der Waals surface area contributed by atoms with Crippen LogP contribution in [0.5, 0.6) is 17.2 Å². The first-order valence-electron chi connectivity index (χ1n) is 10.3. The number of methoxy groups -OCH3 is 3. The number of aryl methyl sites for hydroxylation is 1. The Morgan fingerprint density at radius 3 is 2.34 bits per heavy atom. The van der Waals surface area contributed by atoms with Crippen molar-refractivity contribution < 1.29 is 28.9 Å². The Morgan fingerprint density at radius 2 is 1.74 bits per heavy atom. The normalized spacial score (nSPS) is 17.1. The lowest BCUT2D eigenvalue weighted by Crippen LogP contribution is -2.29. The van der Waals surface area contributed by atoms with Gasteiger partial charge < -0.3 is 19.3 Å². The van der Waals surface area contributed by atoms with Gasteiger partial charge in [-0.3, -0.25) is 14.5 Å². The van der Waals surface area contributed by atoms with Gasteiger partial charge in [-0.05, 0) is 42.1 Å². The van der Waals surface area contributed by atoms with E-state index in [0.29, 0.717) is 11.4 Å². The molecular weight excluding hydrogens is 513 g/mol. The summed E-state index contributed by atoms with van der Waals surface area (Å²) in [6.45, 7) is 1.87. The lowest BCUT2D eigenvalue weighted by atomic mass is 9.97. The van der Waals surface area contributed by atoms with Crippen LogP contribution in [0.2, 0.25) is 10.0 Å². The van der Waals surface area contributed by atoms with E-state index in [1.165, 1.54) is 43.6 Å². The molecule has 1 saturated heterocycles. The number of rotatable bonds is 6. The van der Waals surface area contributed by atoms with Gasteiger partial charge in [-0.1, -0.05) is 29.3 Å². The number of hydrogen-bond donors (Lipinski definition) is 1. The molecule has 0 saturated carbocycles. The molecule has 4 rings (SSSR count). The van der Waals surface area contributed by atoms with Crippen LogP contribution in [0.4, 0.5) is 5.69 Å². The lowest BCUT2D eigenvalue weighted by Gasteiger charge is -2.25. The summed E-state index contributed by atoms with van der Waals surface area (Å²) in [4.78, 5) is 28.8. The van der Waals surface area contributed by atoms with Gasteiger partial charge in [-0.2, -0.15) is 0 Å². The molecule has 1 atom stereocenters. The first-order valence-corrected chi connectivity index (χ1v) is 12.0. The number of ether oxygens (including phenoxy) is 3. The molecule has 35 heavy (non-hydrogen) atoms. The topological polar surface area (TPSA) is 85.3 Å². The summed E-state index contributed by atoms with van der Waals surface area (Å²) in [6, 6.07) is 9.18. The molecule has 1 aliphatic rings. The minimum atomic E-state index is -0.897. The summed E-state index contributed by atoms with van der Waals surface area (Å²) in [5, 5.41) is 13.5. The molecule has 10 heteroatoms. The fraction of sp³-hybridized carbons (Fsp3) is 0.200. The van der Waals surface area contributed by atoms with Crippen LogP contribution in [0, 0.1) is 6.92 Å². The Labute approximate surface area is 216 Å². The van der Waals surface area contributed by atoms with Crippen molar-refractivity contribution in [3.05, 3.63) is 73.4 Å². The standard InChI is InChI=1S/C25H21Cl2NO6S/c1-12-8-9-35-24(12)19-17(20(29)15-11-16(26)23(34-4)18(27)22(15)33-3)21(30)25(31)28(19)13-6-5-7-14(10-13)32-2/h5-11,19,29H,1-4H3/b20-17+. The molecule has 0 spiro atoms. The van der Waals surface area contributed by atoms with E-state index in [0.717, 1.165) is 10.4 Å². The molecule has 1 fully saturated rings. The van der Waals surface area contributed by atoms with Gasteiger partial charge in [0.05, 0.1) is 37.5 Å². The van der Waals surface area contributed by atoms with E-state index in [1.807, 2.05) is 18.4 Å². The molecule has 3 aromatic rings. The molecule has 1 unspecified atom stereocenters. The third kappa shape index (κ3) is 4.11. The SMILES string of the molecule is COc1cccc(N2C(=O)C(=O)/C(=C(/O)c3cc(Cl)c(OC)c(Cl)c3OC)C2c2sccc2C)c1. The zero-order valence-electron chi connectivity index (χ0n) is 19.2. The molecule has 0 radical (unpaired) electrons. The maximum atomic E-state index is 13.4. The fourth-order valence-corrected chi connectivity index (χ4v) is 5.78. The van der Waals surface area contributed by atoms with E-state index in [1.54, 1.807) is 24.3 Å². The first-order chi connectivity index (χ1) is 16.7. The third-order valence-corrected chi connectivity index (χ3v) is 7.42. The maximum absolute atomic E-state index is 13.4. The highest BCUT2D eigenvalue weighted by atomic mass is 35.5. The Hall–Kier alpha value is -3.20. The van der Waals surface area contributed by atoms with E-state index >= 15 is 0 Å². The van der Waals surface area contributed by atoms with Crippen molar-refractivity contribution in [2.75, 3.05) is 26.2 Å². The minimum absolute atomic E-state index is 0.0231.